The first kappa shape index (κ1) is 26.1. The van der Waals surface area contributed by atoms with E-state index in [4.69, 9.17) is 0 Å². The Morgan fingerprint density at radius 2 is 1.81 bits per heavy atom. The topological polar surface area (TPSA) is 112 Å². The molecular weight excluding hydrogens is 559 g/mol. The molecule has 2 aromatic carbocycles. The summed E-state index contributed by atoms with van der Waals surface area (Å²) in [6.45, 7) is 3.03. The highest BCUT2D eigenvalue weighted by Gasteiger charge is 2.30. The molecule has 0 bridgehead atoms. The van der Waals surface area contributed by atoms with Crippen molar-refractivity contribution in [2.24, 2.45) is 0 Å². The Balaban J connectivity index is 1.86. The Bertz CT molecular complexity index is 1590. The average molecular weight is 578 g/mol. The number of fused-ring (bicyclic) bond motifs is 1. The molecule has 13 heteroatoms. The highest BCUT2D eigenvalue weighted by Crippen LogP contribution is 2.32. The smallest absolute Gasteiger partial charge is 0.325 e. The number of hydrogen-bond donors (Lipinski definition) is 1. The number of anilines is 1. The Kier molecular flexibility index (Phi) is 6.91. The van der Waals surface area contributed by atoms with Crippen molar-refractivity contribution >= 4 is 39.0 Å². The van der Waals surface area contributed by atoms with Crippen LogP contribution in [0.4, 0.5) is 24.5 Å². The van der Waals surface area contributed by atoms with Gasteiger partial charge in [0.15, 0.2) is 0 Å². The van der Waals surface area contributed by atoms with Gasteiger partial charge < -0.3 is 9.88 Å². The monoisotopic (exact) mass is 577 g/mol. The second-order valence-corrected chi connectivity index (χ2v) is 8.84. The number of aromatic nitrogens is 3. The lowest BCUT2D eigenvalue weighted by atomic mass is 10.0. The molecule has 0 saturated carbocycles. The molecule has 0 radical (unpaired) electrons. The van der Waals surface area contributed by atoms with E-state index in [2.05, 4.69) is 26.2 Å². The van der Waals surface area contributed by atoms with Crippen molar-refractivity contribution in [3.8, 4) is 11.1 Å². The number of nitro groups is 1. The molecule has 192 valence electrons. The molecule has 0 unspecified atom stereocenters. The van der Waals surface area contributed by atoms with E-state index in [-0.39, 0.29) is 41.2 Å². The van der Waals surface area contributed by atoms with E-state index in [9.17, 15) is 32.9 Å². The molecule has 0 aliphatic rings. The average Bonchev–Trinajstić information content (AvgIpc) is 3.14. The van der Waals surface area contributed by atoms with Crippen LogP contribution in [0.5, 0.6) is 0 Å². The maximum atomic E-state index is 13.6. The molecule has 37 heavy (non-hydrogen) atoms. The fourth-order valence-corrected chi connectivity index (χ4v) is 4.49. The molecule has 2 heterocycles. The van der Waals surface area contributed by atoms with Crippen molar-refractivity contribution in [3.63, 3.8) is 0 Å². The molecule has 4 rings (SSSR count). The summed E-state index contributed by atoms with van der Waals surface area (Å²) in [4.78, 5) is 42.2. The van der Waals surface area contributed by atoms with Crippen LogP contribution in [0.25, 0.3) is 16.9 Å². The molecule has 1 N–H and O–H groups in total. The van der Waals surface area contributed by atoms with Crippen LogP contribution in [-0.2, 0) is 23.9 Å². The van der Waals surface area contributed by atoms with Crippen LogP contribution in [0.15, 0.2) is 57.9 Å². The number of carbonyl (C=O) groups excluding carboxylic acids is 1. The molecular formula is C24H19BrF3N5O4. The first-order valence-corrected chi connectivity index (χ1v) is 11.7. The number of halogens is 4. The summed E-state index contributed by atoms with van der Waals surface area (Å²) in [7, 11) is 0. The van der Waals surface area contributed by atoms with E-state index < -0.39 is 28.1 Å². The number of para-hydroxylation sites is 1. The van der Waals surface area contributed by atoms with Gasteiger partial charge >= 0.3 is 6.18 Å². The Hall–Kier alpha value is -4.00. The number of alkyl halides is 3. The van der Waals surface area contributed by atoms with E-state index in [1.54, 1.807) is 19.9 Å². The first-order chi connectivity index (χ1) is 17.4. The van der Waals surface area contributed by atoms with Crippen molar-refractivity contribution in [3.05, 3.63) is 90.6 Å². The van der Waals surface area contributed by atoms with Crippen LogP contribution in [-0.4, -0.2) is 24.8 Å². The number of nitro benzene ring substituents is 1. The zero-order valence-electron chi connectivity index (χ0n) is 19.5. The van der Waals surface area contributed by atoms with Gasteiger partial charge in [0.25, 0.3) is 11.2 Å². The van der Waals surface area contributed by atoms with Gasteiger partial charge in [-0.25, -0.2) is 9.38 Å². The summed E-state index contributed by atoms with van der Waals surface area (Å²) in [6, 6.07) is 9.78. The number of aryl methyl sites for hydroxylation is 1. The molecule has 0 saturated heterocycles. The maximum Gasteiger partial charge on any atom is 0.416 e. The van der Waals surface area contributed by atoms with Gasteiger partial charge in [0, 0.05) is 17.4 Å². The molecule has 2 aromatic heterocycles. The minimum absolute atomic E-state index is 0.0442. The maximum absolute atomic E-state index is 13.6. The van der Waals surface area contributed by atoms with Gasteiger partial charge in [-0.1, -0.05) is 19.1 Å². The molecule has 0 atom stereocenters. The number of rotatable bonds is 6. The standard InChI is InChI=1S/C24H19BrF3N5O4/c1-3-17-20(16-6-4-5-7-18(16)33(36)37)22(35)32-21(25)13(2)29-23(32)31(17)12-19(34)30-15-10-8-14(9-11-15)24(26,27)28/h4-11H,3,12H2,1-2H3,(H,30,34). The van der Waals surface area contributed by atoms with Crippen LogP contribution in [0, 0.1) is 17.0 Å². The fraction of sp³-hybridized carbons (Fsp3) is 0.208. The van der Waals surface area contributed by atoms with Gasteiger partial charge in [0.2, 0.25) is 11.7 Å². The van der Waals surface area contributed by atoms with Crippen molar-refractivity contribution in [2.75, 3.05) is 5.32 Å². The van der Waals surface area contributed by atoms with Crippen LogP contribution in [0.3, 0.4) is 0 Å². The third-order valence-electron chi connectivity index (χ3n) is 5.74. The second-order valence-electron chi connectivity index (χ2n) is 8.09. The largest absolute Gasteiger partial charge is 0.416 e. The van der Waals surface area contributed by atoms with Gasteiger partial charge in [0.05, 0.1) is 27.3 Å². The lowest BCUT2D eigenvalue weighted by Crippen LogP contribution is -2.28. The molecule has 0 fully saturated rings. The number of nitrogens with zero attached hydrogens (tertiary/aromatic N) is 4. The Morgan fingerprint density at radius 1 is 1.16 bits per heavy atom. The van der Waals surface area contributed by atoms with E-state index >= 15 is 0 Å². The number of benzene rings is 2. The van der Waals surface area contributed by atoms with Crippen molar-refractivity contribution < 1.29 is 22.9 Å². The fourth-order valence-electron chi connectivity index (χ4n) is 4.08. The number of nitrogens with one attached hydrogen (secondary N) is 1. The van der Waals surface area contributed by atoms with Gasteiger partial charge in [-0.05, 0) is 59.6 Å². The van der Waals surface area contributed by atoms with Crippen molar-refractivity contribution in [1.29, 1.82) is 0 Å². The number of imidazole rings is 1. The zero-order chi connectivity index (χ0) is 27.1. The summed E-state index contributed by atoms with van der Waals surface area (Å²) in [5, 5.41) is 14.3. The summed E-state index contributed by atoms with van der Waals surface area (Å²) in [5.74, 6) is -0.457. The van der Waals surface area contributed by atoms with Crippen molar-refractivity contribution in [2.45, 2.75) is 33.0 Å². The predicted molar refractivity (Wildman–Crippen MR) is 133 cm³/mol. The van der Waals surface area contributed by atoms with E-state index in [1.165, 1.54) is 27.2 Å². The van der Waals surface area contributed by atoms with E-state index in [0.717, 1.165) is 24.3 Å². The number of amides is 1. The van der Waals surface area contributed by atoms with Gasteiger partial charge in [0.1, 0.15) is 11.1 Å². The molecule has 9 nitrogen and oxygen atoms in total. The molecule has 4 aromatic rings. The Labute approximate surface area is 215 Å². The van der Waals surface area contributed by atoms with E-state index in [1.807, 2.05) is 0 Å². The number of carbonyl (C=O) groups is 1. The quantitative estimate of drug-likeness (QED) is 0.245. The number of hydrogen-bond acceptors (Lipinski definition) is 5. The summed E-state index contributed by atoms with van der Waals surface area (Å²) < 4.78 is 41.6. The Morgan fingerprint density at radius 3 is 2.41 bits per heavy atom. The summed E-state index contributed by atoms with van der Waals surface area (Å²) in [5.41, 5.74) is -0.604. The molecule has 0 spiro atoms. The summed E-state index contributed by atoms with van der Waals surface area (Å²) >= 11 is 3.34. The highest BCUT2D eigenvalue weighted by molar-refractivity contribution is 9.10. The predicted octanol–water partition coefficient (Wildman–Crippen LogP) is 5.36. The minimum Gasteiger partial charge on any atom is -0.325 e. The van der Waals surface area contributed by atoms with Gasteiger partial charge in [-0.3, -0.25) is 19.7 Å². The third-order valence-corrected chi connectivity index (χ3v) is 6.67. The molecule has 0 aliphatic carbocycles. The van der Waals surface area contributed by atoms with Crippen LogP contribution in [0.2, 0.25) is 0 Å². The van der Waals surface area contributed by atoms with E-state index in [0.29, 0.717) is 16.0 Å². The van der Waals surface area contributed by atoms with Crippen molar-refractivity contribution in [1.82, 2.24) is 14.0 Å². The zero-order valence-corrected chi connectivity index (χ0v) is 21.1. The molecule has 1 amide bonds. The van der Waals surface area contributed by atoms with Crippen LogP contribution in [0.1, 0.15) is 23.9 Å². The van der Waals surface area contributed by atoms with Crippen LogP contribution < -0.4 is 10.9 Å². The van der Waals surface area contributed by atoms with Gasteiger partial charge in [-0.2, -0.15) is 13.2 Å². The lowest BCUT2D eigenvalue weighted by Gasteiger charge is -2.18. The first-order valence-electron chi connectivity index (χ1n) is 10.9. The third kappa shape index (κ3) is 4.86. The summed E-state index contributed by atoms with van der Waals surface area (Å²) in [6.07, 6.45) is -4.29. The highest BCUT2D eigenvalue weighted by atomic mass is 79.9. The lowest BCUT2D eigenvalue weighted by molar-refractivity contribution is -0.384. The SMILES string of the molecule is CCc1c(-c2ccccc2[N+](=O)[O-])c(=O)n2c(Br)c(C)nc2n1CC(=O)Nc1ccc(C(F)(F)F)cc1. The second kappa shape index (κ2) is 9.81. The van der Waals surface area contributed by atoms with Crippen LogP contribution >= 0.6 is 15.9 Å². The minimum atomic E-state index is -4.51. The van der Waals surface area contributed by atoms with Gasteiger partial charge in [-0.15, -0.1) is 0 Å². The normalized spacial score (nSPS) is 11.6. The molecule has 0 aliphatic heterocycles.